The van der Waals surface area contributed by atoms with E-state index in [1.165, 1.54) is 24.3 Å². The highest BCUT2D eigenvalue weighted by Crippen LogP contribution is 2.36. The first-order valence-electron chi connectivity index (χ1n) is 10.8. The van der Waals surface area contributed by atoms with Crippen molar-refractivity contribution >= 4 is 0 Å². The summed E-state index contributed by atoms with van der Waals surface area (Å²) in [4.78, 5) is 4.43. The maximum Gasteiger partial charge on any atom is 0.573 e. The van der Waals surface area contributed by atoms with Crippen molar-refractivity contribution in [3.8, 4) is 11.5 Å². The van der Waals surface area contributed by atoms with Gasteiger partial charge in [-0.05, 0) is 35.4 Å². The van der Waals surface area contributed by atoms with E-state index in [2.05, 4.69) is 19.3 Å². The normalized spacial score (nSPS) is 19.5. The summed E-state index contributed by atoms with van der Waals surface area (Å²) in [6, 6.07) is 11.7. The SMILES string of the molecule is FC(F)(F)Oc1ccc(CN2CCC3(CC2)OCCN3Cc2ccc(OC(F)(F)F)cc2)cc1. The fourth-order valence-electron chi connectivity index (χ4n) is 4.46. The Morgan fingerprint density at radius 2 is 1.18 bits per heavy atom. The van der Waals surface area contributed by atoms with Crippen molar-refractivity contribution in [3.63, 3.8) is 0 Å². The Hall–Kier alpha value is -2.50. The molecule has 34 heavy (non-hydrogen) atoms. The molecule has 0 unspecified atom stereocenters. The van der Waals surface area contributed by atoms with Crippen molar-refractivity contribution in [2.75, 3.05) is 26.2 Å². The average molecular weight is 490 g/mol. The van der Waals surface area contributed by atoms with Crippen LogP contribution >= 0.6 is 0 Å². The molecule has 0 N–H and O–H groups in total. The highest BCUT2D eigenvalue weighted by Gasteiger charge is 2.44. The molecule has 4 rings (SSSR count). The van der Waals surface area contributed by atoms with Crippen LogP contribution in [0.25, 0.3) is 0 Å². The van der Waals surface area contributed by atoms with E-state index in [1.807, 2.05) is 0 Å². The second kappa shape index (κ2) is 9.63. The Balaban J connectivity index is 1.30. The van der Waals surface area contributed by atoms with Crippen LogP contribution in [-0.2, 0) is 17.8 Å². The minimum Gasteiger partial charge on any atom is -0.406 e. The van der Waals surface area contributed by atoms with Crippen LogP contribution in [0.3, 0.4) is 0 Å². The molecule has 0 aliphatic carbocycles. The van der Waals surface area contributed by atoms with Crippen LogP contribution in [0.5, 0.6) is 11.5 Å². The van der Waals surface area contributed by atoms with Gasteiger partial charge in [-0.1, -0.05) is 24.3 Å². The third-order valence-electron chi connectivity index (χ3n) is 6.04. The Morgan fingerprint density at radius 3 is 1.65 bits per heavy atom. The monoisotopic (exact) mass is 490 g/mol. The number of rotatable bonds is 6. The molecule has 2 heterocycles. The molecule has 186 valence electrons. The van der Waals surface area contributed by atoms with Crippen molar-refractivity contribution in [1.82, 2.24) is 9.80 Å². The summed E-state index contributed by atoms with van der Waals surface area (Å²) >= 11 is 0. The third kappa shape index (κ3) is 6.55. The topological polar surface area (TPSA) is 34.2 Å². The maximum absolute atomic E-state index is 12.4. The summed E-state index contributed by atoms with van der Waals surface area (Å²) in [5.41, 5.74) is 1.32. The number of piperidine rings is 1. The van der Waals surface area contributed by atoms with Crippen molar-refractivity contribution < 1.29 is 40.6 Å². The Morgan fingerprint density at radius 1 is 0.706 bits per heavy atom. The summed E-state index contributed by atoms with van der Waals surface area (Å²) in [6.07, 6.45) is -7.94. The zero-order valence-corrected chi connectivity index (χ0v) is 18.2. The lowest BCUT2D eigenvalue weighted by molar-refractivity contribution is -0.275. The van der Waals surface area contributed by atoms with Gasteiger partial charge in [-0.3, -0.25) is 9.80 Å². The second-order valence-electron chi connectivity index (χ2n) is 8.38. The van der Waals surface area contributed by atoms with E-state index in [0.717, 1.165) is 43.6 Å². The van der Waals surface area contributed by atoms with Crippen molar-refractivity contribution in [2.45, 2.75) is 44.4 Å². The highest BCUT2D eigenvalue weighted by molar-refractivity contribution is 5.28. The molecular weight excluding hydrogens is 466 g/mol. The van der Waals surface area contributed by atoms with Crippen LogP contribution in [0.2, 0.25) is 0 Å². The van der Waals surface area contributed by atoms with E-state index < -0.39 is 18.4 Å². The summed E-state index contributed by atoms with van der Waals surface area (Å²) in [7, 11) is 0. The zero-order chi connectivity index (χ0) is 24.4. The molecular formula is C23H24F6N2O3. The minimum atomic E-state index is -4.72. The standard InChI is InChI=1S/C23H24F6N2O3/c24-22(25,26)33-19-5-1-17(2-6-19)15-30-11-9-21(10-12-30)31(13-14-32-21)16-18-3-7-20(8-4-18)34-23(27,28)29/h1-8H,9-16H2. The van der Waals surface area contributed by atoms with Crippen LogP contribution in [-0.4, -0.2) is 54.5 Å². The Labute approximate surface area is 192 Å². The first-order chi connectivity index (χ1) is 16.0. The van der Waals surface area contributed by atoms with Gasteiger partial charge in [0.2, 0.25) is 0 Å². The molecule has 2 aromatic carbocycles. The summed E-state index contributed by atoms with van der Waals surface area (Å²) < 4.78 is 88.0. The number of ether oxygens (including phenoxy) is 3. The number of likely N-dealkylation sites (tertiary alicyclic amines) is 1. The molecule has 1 spiro atoms. The number of alkyl halides is 6. The van der Waals surface area contributed by atoms with Crippen LogP contribution in [0, 0.1) is 0 Å². The van der Waals surface area contributed by atoms with E-state index in [9.17, 15) is 26.3 Å². The van der Waals surface area contributed by atoms with Gasteiger partial charge in [-0.25, -0.2) is 0 Å². The van der Waals surface area contributed by atoms with Gasteiger partial charge in [0.1, 0.15) is 17.2 Å². The second-order valence-corrected chi connectivity index (χ2v) is 8.38. The fraction of sp³-hybridized carbons (Fsp3) is 0.478. The van der Waals surface area contributed by atoms with Crippen LogP contribution in [0.1, 0.15) is 24.0 Å². The molecule has 0 atom stereocenters. The van der Waals surface area contributed by atoms with Crippen LogP contribution in [0.4, 0.5) is 26.3 Å². The Bertz CT molecular complexity index is 939. The molecule has 0 bridgehead atoms. The lowest BCUT2D eigenvalue weighted by Gasteiger charge is -2.43. The molecule has 11 heteroatoms. The number of benzene rings is 2. The van der Waals surface area contributed by atoms with Gasteiger partial charge in [0.05, 0.1) is 6.61 Å². The molecule has 2 saturated heterocycles. The van der Waals surface area contributed by atoms with Gasteiger partial charge in [-0.15, -0.1) is 26.3 Å². The van der Waals surface area contributed by atoms with Gasteiger partial charge in [0.25, 0.3) is 0 Å². The van der Waals surface area contributed by atoms with Crippen LogP contribution in [0.15, 0.2) is 48.5 Å². The molecule has 2 fully saturated rings. The zero-order valence-electron chi connectivity index (χ0n) is 18.2. The van der Waals surface area contributed by atoms with Crippen molar-refractivity contribution in [3.05, 3.63) is 59.7 Å². The van der Waals surface area contributed by atoms with E-state index in [4.69, 9.17) is 4.74 Å². The van der Waals surface area contributed by atoms with E-state index >= 15 is 0 Å². The first kappa shape index (κ1) is 24.6. The number of nitrogens with zero attached hydrogens (tertiary/aromatic N) is 2. The smallest absolute Gasteiger partial charge is 0.406 e. The van der Waals surface area contributed by atoms with Crippen molar-refractivity contribution in [1.29, 1.82) is 0 Å². The van der Waals surface area contributed by atoms with Gasteiger partial charge < -0.3 is 14.2 Å². The number of halogens is 6. The predicted octanol–water partition coefficient (Wildman–Crippen LogP) is 5.31. The van der Waals surface area contributed by atoms with Crippen molar-refractivity contribution in [2.24, 2.45) is 0 Å². The largest absolute Gasteiger partial charge is 0.573 e. The molecule has 2 aromatic rings. The molecule has 0 radical (unpaired) electrons. The molecule has 0 aromatic heterocycles. The van der Waals surface area contributed by atoms with Gasteiger partial charge in [-0.2, -0.15) is 0 Å². The number of hydrogen-bond acceptors (Lipinski definition) is 5. The van der Waals surface area contributed by atoms with E-state index in [0.29, 0.717) is 19.7 Å². The molecule has 5 nitrogen and oxygen atoms in total. The molecule has 0 saturated carbocycles. The highest BCUT2D eigenvalue weighted by atomic mass is 19.4. The quantitative estimate of drug-likeness (QED) is 0.513. The molecule has 2 aliphatic rings. The minimum absolute atomic E-state index is 0.248. The van der Waals surface area contributed by atoms with Gasteiger partial charge in [0, 0.05) is 45.6 Å². The lowest BCUT2D eigenvalue weighted by atomic mass is 9.97. The predicted molar refractivity (Wildman–Crippen MR) is 110 cm³/mol. The van der Waals surface area contributed by atoms with Gasteiger partial charge >= 0.3 is 12.7 Å². The summed E-state index contributed by atoms with van der Waals surface area (Å²) in [6.45, 7) is 3.94. The van der Waals surface area contributed by atoms with Gasteiger partial charge in [0.15, 0.2) is 0 Å². The average Bonchev–Trinajstić information content (AvgIpc) is 3.12. The molecule has 0 amide bonds. The Kier molecular flexibility index (Phi) is 6.97. The lowest BCUT2D eigenvalue weighted by Crippen LogP contribution is -2.52. The summed E-state index contributed by atoms with van der Waals surface area (Å²) in [5, 5.41) is 0. The fourth-order valence-corrected chi connectivity index (χ4v) is 4.46. The third-order valence-corrected chi connectivity index (χ3v) is 6.04. The first-order valence-corrected chi connectivity index (χ1v) is 10.8. The maximum atomic E-state index is 12.4. The number of hydrogen-bond donors (Lipinski definition) is 0. The van der Waals surface area contributed by atoms with E-state index in [-0.39, 0.29) is 11.5 Å². The van der Waals surface area contributed by atoms with E-state index in [1.54, 1.807) is 24.3 Å². The van der Waals surface area contributed by atoms with Crippen LogP contribution < -0.4 is 9.47 Å². The summed E-state index contributed by atoms with van der Waals surface area (Å²) in [5.74, 6) is -0.503. The molecule has 2 aliphatic heterocycles.